The van der Waals surface area contributed by atoms with E-state index in [-0.39, 0.29) is 17.6 Å². The molecular formula is C20H20Cl2O3. The van der Waals surface area contributed by atoms with Gasteiger partial charge in [0.1, 0.15) is 11.5 Å². The van der Waals surface area contributed by atoms with Crippen molar-refractivity contribution in [2.75, 3.05) is 0 Å². The largest absolute Gasteiger partial charge is 0.508 e. The molecule has 1 N–H and O–H groups in total. The maximum atomic E-state index is 12.5. The van der Waals surface area contributed by atoms with Crippen molar-refractivity contribution >= 4 is 29.2 Å². The van der Waals surface area contributed by atoms with E-state index in [1.54, 1.807) is 36.4 Å². The number of carbonyl (C=O) groups excluding carboxylic acids is 1. The molecule has 1 aliphatic carbocycles. The normalized spacial score (nSPS) is 15.1. The van der Waals surface area contributed by atoms with Gasteiger partial charge >= 0.3 is 5.97 Å². The molecule has 0 aliphatic heterocycles. The summed E-state index contributed by atoms with van der Waals surface area (Å²) in [5.41, 5.74) is 1.40. The fraction of sp³-hybridized carbons (Fsp3) is 0.350. The first-order valence-electron chi connectivity index (χ1n) is 8.50. The summed E-state index contributed by atoms with van der Waals surface area (Å²) in [5.74, 6) is 0.420. The number of esters is 1. The zero-order valence-corrected chi connectivity index (χ0v) is 15.3. The summed E-state index contributed by atoms with van der Waals surface area (Å²) in [5, 5.41) is 11.1. The van der Waals surface area contributed by atoms with Gasteiger partial charge in [0.2, 0.25) is 0 Å². The average molecular weight is 379 g/mol. The van der Waals surface area contributed by atoms with E-state index in [2.05, 4.69) is 0 Å². The number of phenols is 1. The van der Waals surface area contributed by atoms with Crippen molar-refractivity contribution in [1.82, 2.24) is 0 Å². The van der Waals surface area contributed by atoms with Gasteiger partial charge in [-0.3, -0.25) is 4.79 Å². The highest BCUT2D eigenvalue weighted by atomic mass is 35.5. The fourth-order valence-electron chi connectivity index (χ4n) is 3.22. The number of benzene rings is 2. The zero-order valence-electron chi connectivity index (χ0n) is 13.8. The van der Waals surface area contributed by atoms with Crippen molar-refractivity contribution < 1.29 is 14.6 Å². The van der Waals surface area contributed by atoms with Crippen LogP contribution in [0.5, 0.6) is 11.5 Å². The van der Waals surface area contributed by atoms with E-state index in [0.717, 1.165) is 31.2 Å². The minimum absolute atomic E-state index is 0.0307. The number of aromatic hydroxyl groups is 1. The Bertz CT molecular complexity index is 768. The van der Waals surface area contributed by atoms with Crippen LogP contribution in [-0.4, -0.2) is 11.1 Å². The van der Waals surface area contributed by atoms with Gasteiger partial charge in [0, 0.05) is 22.0 Å². The van der Waals surface area contributed by atoms with Gasteiger partial charge in [-0.05, 0) is 54.8 Å². The Morgan fingerprint density at radius 2 is 1.64 bits per heavy atom. The predicted octanol–water partition coefficient (Wildman–Crippen LogP) is 5.78. The van der Waals surface area contributed by atoms with E-state index in [1.165, 1.54) is 6.42 Å². The molecule has 1 fully saturated rings. The molecule has 0 aromatic heterocycles. The number of carbonyl (C=O) groups is 1. The number of phenolic OH excluding ortho intramolecular Hbond substituents is 1. The van der Waals surface area contributed by atoms with Crippen molar-refractivity contribution in [3.63, 3.8) is 0 Å². The summed E-state index contributed by atoms with van der Waals surface area (Å²) >= 11 is 12.1. The Balaban J connectivity index is 1.82. The van der Waals surface area contributed by atoms with Crippen LogP contribution in [0.4, 0.5) is 0 Å². The number of hydrogen-bond acceptors (Lipinski definition) is 3. The third-order valence-corrected chi connectivity index (χ3v) is 5.06. The molecule has 0 bridgehead atoms. The van der Waals surface area contributed by atoms with Crippen LogP contribution >= 0.6 is 23.2 Å². The topological polar surface area (TPSA) is 46.5 Å². The maximum Gasteiger partial charge on any atom is 0.314 e. The lowest BCUT2D eigenvalue weighted by Crippen LogP contribution is -2.23. The molecule has 1 saturated carbocycles. The quantitative estimate of drug-likeness (QED) is 0.541. The molecule has 0 heterocycles. The van der Waals surface area contributed by atoms with Crippen LogP contribution in [0.3, 0.4) is 0 Å². The lowest BCUT2D eigenvalue weighted by atomic mass is 9.89. The van der Waals surface area contributed by atoms with Crippen LogP contribution in [0.1, 0.15) is 43.2 Å². The molecule has 0 amide bonds. The summed E-state index contributed by atoms with van der Waals surface area (Å²) in [7, 11) is 0. The molecule has 0 spiro atoms. The number of ether oxygens (including phenoxy) is 1. The molecule has 0 atom stereocenters. The predicted molar refractivity (Wildman–Crippen MR) is 99.6 cm³/mol. The van der Waals surface area contributed by atoms with Gasteiger partial charge in [-0.1, -0.05) is 42.5 Å². The van der Waals surface area contributed by atoms with Crippen molar-refractivity contribution in [2.24, 2.45) is 5.92 Å². The van der Waals surface area contributed by atoms with Crippen LogP contribution in [-0.2, 0) is 11.2 Å². The summed E-state index contributed by atoms with van der Waals surface area (Å²) in [6.07, 6.45) is 5.48. The van der Waals surface area contributed by atoms with Crippen LogP contribution in [0, 0.1) is 5.92 Å². The van der Waals surface area contributed by atoms with Crippen LogP contribution in [0.2, 0.25) is 10.0 Å². The van der Waals surface area contributed by atoms with Gasteiger partial charge in [0.25, 0.3) is 0 Å². The van der Waals surface area contributed by atoms with Crippen LogP contribution in [0.15, 0.2) is 36.4 Å². The first-order chi connectivity index (χ1) is 12.0. The molecule has 3 nitrogen and oxygen atoms in total. The number of halogens is 2. The molecule has 2 aromatic rings. The van der Waals surface area contributed by atoms with Gasteiger partial charge in [-0.25, -0.2) is 0 Å². The van der Waals surface area contributed by atoms with Crippen LogP contribution < -0.4 is 4.74 Å². The molecule has 1 aliphatic rings. The van der Waals surface area contributed by atoms with E-state index >= 15 is 0 Å². The van der Waals surface area contributed by atoms with Gasteiger partial charge < -0.3 is 9.84 Å². The number of hydrogen-bond donors (Lipinski definition) is 1. The molecule has 132 valence electrons. The van der Waals surface area contributed by atoms with Gasteiger partial charge in [-0.2, -0.15) is 0 Å². The van der Waals surface area contributed by atoms with Gasteiger partial charge in [-0.15, -0.1) is 0 Å². The Kier molecular flexibility index (Phi) is 5.87. The fourth-order valence-corrected chi connectivity index (χ4v) is 3.61. The molecule has 0 saturated heterocycles. The highest BCUT2D eigenvalue weighted by molar-refractivity contribution is 6.31. The lowest BCUT2D eigenvalue weighted by molar-refractivity contribution is -0.140. The lowest BCUT2D eigenvalue weighted by Gasteiger charge is -2.20. The van der Waals surface area contributed by atoms with Crippen molar-refractivity contribution in [1.29, 1.82) is 0 Å². The Labute approximate surface area is 157 Å². The smallest absolute Gasteiger partial charge is 0.314 e. The van der Waals surface area contributed by atoms with Crippen molar-refractivity contribution in [3.8, 4) is 11.5 Å². The average Bonchev–Trinajstić information content (AvgIpc) is 2.61. The molecular weight excluding hydrogens is 359 g/mol. The standard InChI is InChI=1S/C20H20Cl2O3/c21-16-6-8-18(23)14(11-16)10-15-12-17(22)7-9-19(15)25-20(24)13-4-2-1-3-5-13/h6-9,11-13,23H,1-5,10H2. The first kappa shape index (κ1) is 18.1. The molecule has 2 aromatic carbocycles. The minimum Gasteiger partial charge on any atom is -0.508 e. The molecule has 0 radical (unpaired) electrons. The highest BCUT2D eigenvalue weighted by Crippen LogP contribution is 2.32. The summed E-state index contributed by atoms with van der Waals surface area (Å²) < 4.78 is 5.67. The first-order valence-corrected chi connectivity index (χ1v) is 9.26. The van der Waals surface area contributed by atoms with Gasteiger partial charge in [0.05, 0.1) is 5.92 Å². The van der Waals surface area contributed by atoms with Crippen LogP contribution in [0.25, 0.3) is 0 Å². The maximum absolute atomic E-state index is 12.5. The summed E-state index contributed by atoms with van der Waals surface area (Å²) in [6, 6.07) is 10.0. The SMILES string of the molecule is O=C(Oc1ccc(Cl)cc1Cc1cc(Cl)ccc1O)C1CCCCC1. The Morgan fingerprint density at radius 3 is 2.36 bits per heavy atom. The monoisotopic (exact) mass is 378 g/mol. The van der Waals surface area contributed by atoms with E-state index in [9.17, 15) is 9.90 Å². The number of rotatable bonds is 4. The third-order valence-electron chi connectivity index (χ3n) is 4.59. The van der Waals surface area contributed by atoms with E-state index in [4.69, 9.17) is 27.9 Å². The Hall–Kier alpha value is -1.71. The summed E-state index contributed by atoms with van der Waals surface area (Å²) in [4.78, 5) is 12.5. The van der Waals surface area contributed by atoms with E-state index < -0.39 is 0 Å². The second-order valence-electron chi connectivity index (χ2n) is 6.46. The molecule has 25 heavy (non-hydrogen) atoms. The van der Waals surface area contributed by atoms with Crippen molar-refractivity contribution in [2.45, 2.75) is 38.5 Å². The molecule has 5 heteroatoms. The second kappa shape index (κ2) is 8.11. The summed E-state index contributed by atoms with van der Waals surface area (Å²) in [6.45, 7) is 0. The minimum atomic E-state index is -0.182. The van der Waals surface area contributed by atoms with Crippen molar-refractivity contribution in [3.05, 3.63) is 57.6 Å². The van der Waals surface area contributed by atoms with Gasteiger partial charge in [0.15, 0.2) is 0 Å². The molecule has 3 rings (SSSR count). The van der Waals surface area contributed by atoms with E-state index in [1.807, 2.05) is 0 Å². The van der Waals surface area contributed by atoms with E-state index in [0.29, 0.717) is 27.8 Å². The molecule has 0 unspecified atom stereocenters. The third kappa shape index (κ3) is 4.68. The highest BCUT2D eigenvalue weighted by Gasteiger charge is 2.24. The zero-order chi connectivity index (χ0) is 17.8. The second-order valence-corrected chi connectivity index (χ2v) is 7.33. The Morgan fingerprint density at radius 1 is 1.00 bits per heavy atom.